The van der Waals surface area contributed by atoms with Crippen LogP contribution in [-0.4, -0.2) is 37.6 Å². The molecule has 0 aliphatic rings. The van der Waals surface area contributed by atoms with Crippen LogP contribution in [0.4, 0.5) is 0 Å². The molecule has 0 heterocycles. The van der Waals surface area contributed by atoms with Gasteiger partial charge in [0.2, 0.25) is 0 Å². The molecule has 0 radical (unpaired) electrons. The molecular formula is C13H27NO4. The van der Waals surface area contributed by atoms with Crippen molar-refractivity contribution in [2.45, 2.75) is 58.8 Å². The fourth-order valence-corrected chi connectivity index (χ4v) is 1.41. The second-order valence-electron chi connectivity index (χ2n) is 5.02. The van der Waals surface area contributed by atoms with Gasteiger partial charge in [0.05, 0.1) is 6.61 Å². The number of carbonyl (C=O) groups excluding carboxylic acids is 1. The van der Waals surface area contributed by atoms with Crippen molar-refractivity contribution in [3.05, 3.63) is 0 Å². The van der Waals surface area contributed by atoms with Crippen molar-refractivity contribution in [1.82, 2.24) is 0 Å². The molecule has 0 fully saturated rings. The third-order valence-electron chi connectivity index (χ3n) is 2.01. The van der Waals surface area contributed by atoms with Crippen LogP contribution in [0.5, 0.6) is 0 Å². The Labute approximate surface area is 110 Å². The van der Waals surface area contributed by atoms with E-state index in [1.54, 1.807) is 0 Å². The Morgan fingerprint density at radius 3 is 2.44 bits per heavy atom. The summed E-state index contributed by atoms with van der Waals surface area (Å²) in [6.45, 7) is 9.01. The molecule has 0 bridgehead atoms. The number of hydrogen-bond donors (Lipinski definition) is 1. The number of esters is 1. The molecule has 5 heteroatoms. The van der Waals surface area contributed by atoms with E-state index in [-0.39, 0.29) is 12.3 Å². The van der Waals surface area contributed by atoms with Crippen molar-refractivity contribution >= 4 is 5.97 Å². The third kappa shape index (κ3) is 10.5. The predicted octanol–water partition coefficient (Wildman–Crippen LogP) is 1.84. The molecule has 0 spiro atoms. The minimum Gasteiger partial charge on any atom is -0.460 e. The topological polar surface area (TPSA) is 70.8 Å². The maximum absolute atomic E-state index is 11.5. The summed E-state index contributed by atoms with van der Waals surface area (Å²) in [5.74, 6) is -0.184. The van der Waals surface area contributed by atoms with Crippen molar-refractivity contribution in [3.8, 4) is 0 Å². The molecule has 0 saturated carbocycles. The van der Waals surface area contributed by atoms with Gasteiger partial charge in [-0.1, -0.05) is 0 Å². The summed E-state index contributed by atoms with van der Waals surface area (Å²) in [5, 5.41) is 0. The Morgan fingerprint density at radius 2 is 1.94 bits per heavy atom. The highest BCUT2D eigenvalue weighted by Gasteiger charge is 2.16. The first kappa shape index (κ1) is 17.4. The summed E-state index contributed by atoms with van der Waals surface area (Å²) < 4.78 is 16.0. The molecule has 18 heavy (non-hydrogen) atoms. The normalized spacial score (nSPS) is 13.4. The number of ether oxygens (including phenoxy) is 3. The van der Waals surface area contributed by atoms with Crippen LogP contribution < -0.4 is 5.73 Å². The van der Waals surface area contributed by atoms with Crippen LogP contribution in [0.1, 0.15) is 47.0 Å². The predicted molar refractivity (Wildman–Crippen MR) is 70.1 cm³/mol. The molecular weight excluding hydrogens is 234 g/mol. The van der Waals surface area contributed by atoms with E-state index in [9.17, 15) is 4.79 Å². The lowest BCUT2D eigenvalue weighted by Gasteiger charge is -2.20. The molecule has 2 N–H and O–H groups in total. The van der Waals surface area contributed by atoms with E-state index in [1.807, 2.05) is 27.7 Å². The first-order valence-electron chi connectivity index (χ1n) is 6.54. The van der Waals surface area contributed by atoms with E-state index in [0.29, 0.717) is 39.0 Å². The van der Waals surface area contributed by atoms with Gasteiger partial charge in [-0.15, -0.1) is 0 Å². The Kier molecular flexibility index (Phi) is 8.97. The molecule has 5 nitrogen and oxygen atoms in total. The Bertz CT molecular complexity index is 226. The molecule has 0 aromatic carbocycles. The summed E-state index contributed by atoms with van der Waals surface area (Å²) in [4.78, 5) is 11.5. The standard InChI is InChI=1S/C13H27NO4/c1-5-16-12(17-10-9-14)8-6-7-11(15)18-13(2,3)4/h12H,5-10,14H2,1-4H3. The average molecular weight is 261 g/mol. The van der Waals surface area contributed by atoms with Crippen LogP contribution in [0, 0.1) is 0 Å². The number of rotatable bonds is 9. The number of nitrogens with two attached hydrogens (primary N) is 1. The van der Waals surface area contributed by atoms with E-state index < -0.39 is 5.60 Å². The largest absolute Gasteiger partial charge is 0.460 e. The monoisotopic (exact) mass is 261 g/mol. The lowest BCUT2D eigenvalue weighted by molar-refractivity contribution is -0.157. The highest BCUT2D eigenvalue weighted by molar-refractivity contribution is 5.69. The zero-order chi connectivity index (χ0) is 14.0. The second-order valence-corrected chi connectivity index (χ2v) is 5.02. The Hall–Kier alpha value is -0.650. The molecule has 1 atom stereocenters. The first-order valence-corrected chi connectivity index (χ1v) is 6.54. The Balaban J connectivity index is 3.80. The lowest BCUT2D eigenvalue weighted by Crippen LogP contribution is -2.24. The van der Waals surface area contributed by atoms with Gasteiger partial charge in [-0.2, -0.15) is 0 Å². The minimum atomic E-state index is -0.424. The molecule has 0 saturated heterocycles. The quantitative estimate of drug-likeness (QED) is 0.506. The van der Waals surface area contributed by atoms with Gasteiger partial charge in [-0.05, 0) is 40.5 Å². The summed E-state index contributed by atoms with van der Waals surface area (Å²) in [5.41, 5.74) is 4.94. The van der Waals surface area contributed by atoms with Crippen molar-refractivity contribution in [2.75, 3.05) is 19.8 Å². The van der Waals surface area contributed by atoms with Gasteiger partial charge in [-0.3, -0.25) is 4.79 Å². The van der Waals surface area contributed by atoms with E-state index in [0.717, 1.165) is 0 Å². The van der Waals surface area contributed by atoms with Crippen LogP contribution in [0.25, 0.3) is 0 Å². The van der Waals surface area contributed by atoms with Gasteiger partial charge in [0.1, 0.15) is 5.60 Å². The smallest absolute Gasteiger partial charge is 0.306 e. The fourth-order valence-electron chi connectivity index (χ4n) is 1.41. The molecule has 0 amide bonds. The molecule has 0 aromatic heterocycles. The van der Waals surface area contributed by atoms with Gasteiger partial charge < -0.3 is 19.9 Å². The van der Waals surface area contributed by atoms with Gasteiger partial charge in [-0.25, -0.2) is 0 Å². The zero-order valence-corrected chi connectivity index (χ0v) is 12.0. The fraction of sp³-hybridized carbons (Fsp3) is 0.923. The van der Waals surface area contributed by atoms with Crippen molar-refractivity contribution in [3.63, 3.8) is 0 Å². The third-order valence-corrected chi connectivity index (χ3v) is 2.01. The van der Waals surface area contributed by atoms with Gasteiger partial charge in [0.15, 0.2) is 6.29 Å². The Morgan fingerprint density at radius 1 is 1.28 bits per heavy atom. The molecule has 0 aliphatic heterocycles. The van der Waals surface area contributed by atoms with Crippen LogP contribution in [-0.2, 0) is 19.0 Å². The average Bonchev–Trinajstić information content (AvgIpc) is 2.23. The molecule has 1 unspecified atom stereocenters. The van der Waals surface area contributed by atoms with E-state index in [2.05, 4.69) is 0 Å². The molecule has 0 aliphatic carbocycles. The summed E-state index contributed by atoms with van der Waals surface area (Å²) in [6, 6.07) is 0. The SMILES string of the molecule is CCOC(CCCC(=O)OC(C)(C)C)OCCN. The molecule has 108 valence electrons. The summed E-state index contributed by atoms with van der Waals surface area (Å²) >= 11 is 0. The van der Waals surface area contributed by atoms with E-state index >= 15 is 0 Å². The van der Waals surface area contributed by atoms with Gasteiger partial charge >= 0.3 is 5.97 Å². The first-order chi connectivity index (χ1) is 8.39. The van der Waals surface area contributed by atoms with Crippen molar-refractivity contribution in [1.29, 1.82) is 0 Å². The van der Waals surface area contributed by atoms with Gasteiger partial charge in [0, 0.05) is 19.6 Å². The second kappa shape index (κ2) is 9.30. The minimum absolute atomic E-state index is 0.184. The number of hydrogen-bond acceptors (Lipinski definition) is 5. The summed E-state index contributed by atoms with van der Waals surface area (Å²) in [6.07, 6.45) is 1.46. The van der Waals surface area contributed by atoms with Gasteiger partial charge in [0.25, 0.3) is 0 Å². The highest BCUT2D eigenvalue weighted by Crippen LogP contribution is 2.12. The van der Waals surface area contributed by atoms with Crippen molar-refractivity contribution < 1.29 is 19.0 Å². The maximum atomic E-state index is 11.5. The van der Waals surface area contributed by atoms with E-state index in [4.69, 9.17) is 19.9 Å². The summed E-state index contributed by atoms with van der Waals surface area (Å²) in [7, 11) is 0. The highest BCUT2D eigenvalue weighted by atomic mass is 16.7. The van der Waals surface area contributed by atoms with E-state index in [1.165, 1.54) is 0 Å². The van der Waals surface area contributed by atoms with Crippen LogP contribution in [0.15, 0.2) is 0 Å². The maximum Gasteiger partial charge on any atom is 0.306 e. The van der Waals surface area contributed by atoms with Crippen LogP contribution >= 0.6 is 0 Å². The van der Waals surface area contributed by atoms with Crippen LogP contribution in [0.2, 0.25) is 0 Å². The van der Waals surface area contributed by atoms with Crippen LogP contribution in [0.3, 0.4) is 0 Å². The zero-order valence-electron chi connectivity index (χ0n) is 12.0. The molecule has 0 aromatic rings. The van der Waals surface area contributed by atoms with Crippen molar-refractivity contribution in [2.24, 2.45) is 5.73 Å². The molecule has 0 rings (SSSR count). The lowest BCUT2D eigenvalue weighted by atomic mass is 10.2. The number of carbonyl (C=O) groups is 1.